The average Bonchev–Trinajstić information content (AvgIpc) is 2.67. The van der Waals surface area contributed by atoms with Gasteiger partial charge in [-0.15, -0.1) is 0 Å². The Morgan fingerprint density at radius 1 is 1.15 bits per heavy atom. The summed E-state index contributed by atoms with van der Waals surface area (Å²) < 4.78 is 13.8. The molecule has 0 unspecified atom stereocenters. The van der Waals surface area contributed by atoms with Crippen molar-refractivity contribution in [2.75, 3.05) is 17.2 Å². The standard InChI is InChI=1S/C19H14FN5O2/c20-14-7-4-8-15(13(14)10-21)23-17-9-16(12-5-2-1-3-6-12)24-19(25-17)22-11-18(26)27/h1-9H,11H2,(H,26,27)(H2,22,23,24,25). The Hall–Kier alpha value is -3.99. The molecule has 8 heteroatoms. The highest BCUT2D eigenvalue weighted by atomic mass is 19.1. The third kappa shape index (κ3) is 4.35. The Morgan fingerprint density at radius 2 is 1.93 bits per heavy atom. The number of nitrogens with zero attached hydrogens (tertiary/aromatic N) is 3. The van der Waals surface area contributed by atoms with Crippen molar-refractivity contribution in [3.63, 3.8) is 0 Å². The molecular weight excluding hydrogens is 349 g/mol. The Bertz CT molecular complexity index is 1020. The number of nitriles is 1. The molecule has 0 bridgehead atoms. The number of carboxylic acids is 1. The van der Waals surface area contributed by atoms with Crippen LogP contribution in [0.5, 0.6) is 0 Å². The van der Waals surface area contributed by atoms with Gasteiger partial charge in [0.15, 0.2) is 0 Å². The smallest absolute Gasteiger partial charge is 0.322 e. The van der Waals surface area contributed by atoms with Crippen LogP contribution in [0.1, 0.15) is 5.56 Å². The van der Waals surface area contributed by atoms with E-state index in [0.29, 0.717) is 11.5 Å². The molecule has 0 radical (unpaired) electrons. The monoisotopic (exact) mass is 363 g/mol. The zero-order valence-electron chi connectivity index (χ0n) is 14.0. The first-order valence-corrected chi connectivity index (χ1v) is 7.92. The molecule has 0 fully saturated rings. The van der Waals surface area contributed by atoms with E-state index in [1.807, 2.05) is 36.4 Å². The first-order chi connectivity index (χ1) is 13.1. The Labute approximate surface area is 154 Å². The fourth-order valence-corrected chi connectivity index (χ4v) is 2.38. The normalized spacial score (nSPS) is 10.1. The van der Waals surface area contributed by atoms with Crippen molar-refractivity contribution in [2.45, 2.75) is 0 Å². The van der Waals surface area contributed by atoms with Crippen LogP contribution in [0.25, 0.3) is 11.3 Å². The van der Waals surface area contributed by atoms with E-state index in [1.54, 1.807) is 12.1 Å². The van der Waals surface area contributed by atoms with Crippen molar-refractivity contribution in [1.82, 2.24) is 9.97 Å². The van der Waals surface area contributed by atoms with Gasteiger partial charge in [0, 0.05) is 11.6 Å². The molecule has 0 saturated carbocycles. The summed E-state index contributed by atoms with van der Waals surface area (Å²) in [5.74, 6) is -1.32. The summed E-state index contributed by atoms with van der Waals surface area (Å²) in [7, 11) is 0. The van der Waals surface area contributed by atoms with Crippen LogP contribution in [0.3, 0.4) is 0 Å². The SMILES string of the molecule is N#Cc1c(F)cccc1Nc1cc(-c2ccccc2)nc(NCC(=O)O)n1. The largest absolute Gasteiger partial charge is 0.480 e. The molecule has 3 aromatic rings. The fraction of sp³-hybridized carbons (Fsp3) is 0.0526. The first kappa shape index (κ1) is 17.8. The molecule has 1 aromatic heterocycles. The van der Waals surface area contributed by atoms with Crippen LogP contribution in [0.4, 0.5) is 21.8 Å². The molecule has 3 N–H and O–H groups in total. The van der Waals surface area contributed by atoms with Crippen molar-refractivity contribution < 1.29 is 14.3 Å². The number of aliphatic carboxylic acids is 1. The van der Waals surface area contributed by atoms with Gasteiger partial charge in [-0.05, 0) is 12.1 Å². The minimum atomic E-state index is -1.06. The predicted molar refractivity (Wildman–Crippen MR) is 98.0 cm³/mol. The summed E-state index contributed by atoms with van der Waals surface area (Å²) in [5.41, 5.74) is 1.44. The molecule has 0 spiro atoms. The third-order valence-electron chi connectivity index (χ3n) is 3.58. The number of anilines is 3. The van der Waals surface area contributed by atoms with Gasteiger partial charge in [0.2, 0.25) is 5.95 Å². The minimum absolute atomic E-state index is 0.0937. The van der Waals surface area contributed by atoms with Gasteiger partial charge in [-0.3, -0.25) is 4.79 Å². The number of aromatic nitrogens is 2. The van der Waals surface area contributed by atoms with Gasteiger partial charge in [-0.1, -0.05) is 36.4 Å². The maximum absolute atomic E-state index is 13.8. The van der Waals surface area contributed by atoms with Gasteiger partial charge in [-0.25, -0.2) is 9.37 Å². The summed E-state index contributed by atoms with van der Waals surface area (Å²) >= 11 is 0. The number of benzene rings is 2. The molecular formula is C19H14FN5O2. The van der Waals surface area contributed by atoms with Crippen molar-refractivity contribution in [1.29, 1.82) is 5.26 Å². The second-order valence-corrected chi connectivity index (χ2v) is 5.47. The maximum atomic E-state index is 13.8. The van der Waals surface area contributed by atoms with Gasteiger partial charge >= 0.3 is 5.97 Å². The van der Waals surface area contributed by atoms with E-state index in [9.17, 15) is 9.18 Å². The molecule has 7 nitrogen and oxygen atoms in total. The topological polar surface area (TPSA) is 111 Å². The van der Waals surface area contributed by atoms with E-state index in [0.717, 1.165) is 5.56 Å². The minimum Gasteiger partial charge on any atom is -0.480 e. The van der Waals surface area contributed by atoms with Gasteiger partial charge in [0.25, 0.3) is 0 Å². The lowest BCUT2D eigenvalue weighted by Crippen LogP contribution is -2.15. The lowest BCUT2D eigenvalue weighted by molar-refractivity contribution is -0.134. The molecule has 2 aromatic carbocycles. The van der Waals surface area contributed by atoms with Crippen LogP contribution in [-0.2, 0) is 4.79 Å². The summed E-state index contributed by atoms with van der Waals surface area (Å²) in [6.07, 6.45) is 0. The Kier molecular flexibility index (Phi) is 5.23. The highest BCUT2D eigenvalue weighted by Crippen LogP contribution is 2.26. The number of nitrogens with one attached hydrogen (secondary N) is 2. The van der Waals surface area contributed by atoms with E-state index in [4.69, 9.17) is 10.4 Å². The van der Waals surface area contributed by atoms with E-state index in [1.165, 1.54) is 12.1 Å². The summed E-state index contributed by atoms with van der Waals surface area (Å²) in [6, 6.07) is 16.9. The first-order valence-electron chi connectivity index (χ1n) is 7.92. The zero-order chi connectivity index (χ0) is 19.2. The molecule has 0 aliphatic carbocycles. The molecule has 134 valence electrons. The number of carboxylic acid groups (broad SMARTS) is 1. The second kappa shape index (κ2) is 7.93. The van der Waals surface area contributed by atoms with Crippen molar-refractivity contribution in [2.24, 2.45) is 0 Å². The van der Waals surface area contributed by atoms with Crippen LogP contribution >= 0.6 is 0 Å². The fourth-order valence-electron chi connectivity index (χ4n) is 2.38. The quantitative estimate of drug-likeness (QED) is 0.615. The summed E-state index contributed by atoms with van der Waals surface area (Å²) in [5, 5.41) is 23.5. The second-order valence-electron chi connectivity index (χ2n) is 5.47. The molecule has 27 heavy (non-hydrogen) atoms. The van der Waals surface area contributed by atoms with Gasteiger partial charge in [-0.2, -0.15) is 10.2 Å². The zero-order valence-corrected chi connectivity index (χ0v) is 14.0. The maximum Gasteiger partial charge on any atom is 0.322 e. The lowest BCUT2D eigenvalue weighted by Gasteiger charge is -2.12. The van der Waals surface area contributed by atoms with Crippen molar-refractivity contribution >= 4 is 23.4 Å². The van der Waals surface area contributed by atoms with Crippen LogP contribution in [0, 0.1) is 17.1 Å². The van der Waals surface area contributed by atoms with Crippen LogP contribution < -0.4 is 10.6 Å². The number of halogens is 1. The van der Waals surface area contributed by atoms with E-state index >= 15 is 0 Å². The molecule has 0 aliphatic heterocycles. The molecule has 0 amide bonds. The van der Waals surface area contributed by atoms with Crippen molar-refractivity contribution in [3.8, 4) is 17.3 Å². The van der Waals surface area contributed by atoms with E-state index in [-0.39, 0.29) is 23.7 Å². The highest BCUT2D eigenvalue weighted by Gasteiger charge is 2.12. The number of rotatable bonds is 6. The van der Waals surface area contributed by atoms with Gasteiger partial charge < -0.3 is 15.7 Å². The molecule has 1 heterocycles. The molecule has 3 rings (SSSR count). The van der Waals surface area contributed by atoms with E-state index < -0.39 is 11.8 Å². The molecule has 0 saturated heterocycles. The third-order valence-corrected chi connectivity index (χ3v) is 3.58. The van der Waals surface area contributed by atoms with Gasteiger partial charge in [0.1, 0.15) is 29.8 Å². The number of hydrogen-bond donors (Lipinski definition) is 3. The number of hydrogen-bond acceptors (Lipinski definition) is 6. The van der Waals surface area contributed by atoms with Gasteiger partial charge in [0.05, 0.1) is 11.4 Å². The Morgan fingerprint density at radius 3 is 2.63 bits per heavy atom. The van der Waals surface area contributed by atoms with Crippen LogP contribution in [-0.4, -0.2) is 27.6 Å². The van der Waals surface area contributed by atoms with E-state index in [2.05, 4.69) is 20.6 Å². The summed E-state index contributed by atoms with van der Waals surface area (Å²) in [6.45, 7) is -0.360. The molecule has 0 atom stereocenters. The van der Waals surface area contributed by atoms with Crippen LogP contribution in [0.15, 0.2) is 54.6 Å². The highest BCUT2D eigenvalue weighted by molar-refractivity contribution is 5.73. The number of carbonyl (C=O) groups is 1. The average molecular weight is 363 g/mol. The lowest BCUT2D eigenvalue weighted by atomic mass is 10.1. The van der Waals surface area contributed by atoms with Crippen LogP contribution in [0.2, 0.25) is 0 Å². The summed E-state index contributed by atoms with van der Waals surface area (Å²) in [4.78, 5) is 19.3. The Balaban J connectivity index is 2.01. The van der Waals surface area contributed by atoms with Crippen molar-refractivity contribution in [3.05, 3.63) is 66.0 Å². The molecule has 0 aliphatic rings. The predicted octanol–water partition coefficient (Wildman–Crippen LogP) is 3.39.